The zero-order valence-electron chi connectivity index (χ0n) is 10.7. The van der Waals surface area contributed by atoms with Crippen LogP contribution in [0.4, 0.5) is 5.69 Å². The van der Waals surface area contributed by atoms with Crippen molar-refractivity contribution in [3.8, 4) is 0 Å². The number of benzene rings is 2. The molecule has 0 radical (unpaired) electrons. The van der Waals surface area contributed by atoms with Crippen molar-refractivity contribution in [2.24, 2.45) is 0 Å². The highest BCUT2D eigenvalue weighted by molar-refractivity contribution is 9.09. The van der Waals surface area contributed by atoms with Gasteiger partial charge in [0.1, 0.15) is 0 Å². The predicted molar refractivity (Wildman–Crippen MR) is 88.8 cm³/mol. The van der Waals surface area contributed by atoms with Gasteiger partial charge >= 0.3 is 0 Å². The van der Waals surface area contributed by atoms with Crippen LogP contribution in [0.1, 0.15) is 15.9 Å². The summed E-state index contributed by atoms with van der Waals surface area (Å²) in [5.74, 6) is -0.564. The molecule has 0 saturated carbocycles. The highest BCUT2D eigenvalue weighted by Crippen LogP contribution is 2.32. The van der Waals surface area contributed by atoms with Gasteiger partial charge in [-0.05, 0) is 12.1 Å². The first kappa shape index (κ1) is 16.0. The van der Waals surface area contributed by atoms with Gasteiger partial charge in [0.05, 0.1) is 16.0 Å². The zero-order chi connectivity index (χ0) is 15.4. The number of carbonyl (C=O) groups excluding carboxylic acids is 2. The van der Waals surface area contributed by atoms with Crippen molar-refractivity contribution in [1.29, 1.82) is 0 Å². The number of hydrogen-bond donors (Lipinski definition) is 1. The fourth-order valence-corrected chi connectivity index (χ4v) is 2.48. The normalized spacial score (nSPS) is 10.2. The molecule has 1 amide bonds. The lowest BCUT2D eigenvalue weighted by atomic mass is 10.0. The molecule has 3 nitrogen and oxygen atoms in total. The van der Waals surface area contributed by atoms with Crippen LogP contribution in [0.5, 0.6) is 0 Å². The quantitative estimate of drug-likeness (QED) is 0.618. The number of amides is 1. The standard InChI is InChI=1S/C15H10BrCl2NO2/c16-8-13(20)19-14-11(6-10(17)7-12(14)18)15(21)9-4-2-1-3-5-9/h1-7H,8H2,(H,19,20). The van der Waals surface area contributed by atoms with Gasteiger partial charge in [-0.1, -0.05) is 69.5 Å². The van der Waals surface area contributed by atoms with Crippen LogP contribution >= 0.6 is 39.1 Å². The Morgan fingerprint density at radius 3 is 2.38 bits per heavy atom. The predicted octanol–water partition coefficient (Wildman–Crippen LogP) is 4.56. The van der Waals surface area contributed by atoms with Gasteiger partial charge < -0.3 is 5.32 Å². The maximum atomic E-state index is 12.6. The Balaban J connectivity index is 2.51. The molecule has 108 valence electrons. The van der Waals surface area contributed by atoms with Crippen LogP contribution in [-0.4, -0.2) is 17.0 Å². The first-order valence-corrected chi connectivity index (χ1v) is 7.85. The second-order valence-corrected chi connectivity index (χ2v) is 5.59. The van der Waals surface area contributed by atoms with Crippen LogP contribution in [0.3, 0.4) is 0 Å². The number of hydrogen-bond acceptors (Lipinski definition) is 2. The molecule has 2 aromatic carbocycles. The van der Waals surface area contributed by atoms with E-state index in [9.17, 15) is 9.59 Å². The molecule has 6 heteroatoms. The highest BCUT2D eigenvalue weighted by Gasteiger charge is 2.18. The van der Waals surface area contributed by atoms with E-state index in [0.29, 0.717) is 10.6 Å². The lowest BCUT2D eigenvalue weighted by Gasteiger charge is -2.12. The summed E-state index contributed by atoms with van der Waals surface area (Å²) in [6, 6.07) is 11.7. The Morgan fingerprint density at radius 2 is 1.76 bits per heavy atom. The van der Waals surface area contributed by atoms with Crippen LogP contribution in [0.2, 0.25) is 10.0 Å². The summed E-state index contributed by atoms with van der Waals surface area (Å²) in [4.78, 5) is 24.1. The average Bonchev–Trinajstić information content (AvgIpc) is 2.49. The molecule has 0 atom stereocenters. The van der Waals surface area contributed by atoms with Gasteiger partial charge in [-0.15, -0.1) is 0 Å². The molecule has 2 aromatic rings. The molecule has 1 N–H and O–H groups in total. The van der Waals surface area contributed by atoms with Gasteiger partial charge in [0.25, 0.3) is 0 Å². The molecule has 0 saturated heterocycles. The smallest absolute Gasteiger partial charge is 0.235 e. The second kappa shape index (κ2) is 7.07. The molecule has 0 spiro atoms. The number of halogens is 3. The van der Waals surface area contributed by atoms with Gasteiger partial charge in [-0.3, -0.25) is 9.59 Å². The fourth-order valence-electron chi connectivity index (χ4n) is 1.80. The average molecular weight is 387 g/mol. The summed E-state index contributed by atoms with van der Waals surface area (Å²) < 4.78 is 0. The van der Waals surface area contributed by atoms with Gasteiger partial charge in [-0.25, -0.2) is 0 Å². The molecule has 0 fully saturated rings. The van der Waals surface area contributed by atoms with E-state index in [-0.39, 0.29) is 33.3 Å². The minimum Gasteiger partial charge on any atom is -0.323 e. The fraction of sp³-hybridized carbons (Fsp3) is 0.0667. The molecule has 0 aliphatic heterocycles. The van der Waals surface area contributed by atoms with E-state index in [2.05, 4.69) is 21.2 Å². The topological polar surface area (TPSA) is 46.2 Å². The molecule has 21 heavy (non-hydrogen) atoms. The zero-order valence-corrected chi connectivity index (χ0v) is 13.8. The van der Waals surface area contributed by atoms with Crippen molar-refractivity contribution in [3.05, 3.63) is 63.6 Å². The maximum absolute atomic E-state index is 12.6. The van der Waals surface area contributed by atoms with E-state index in [0.717, 1.165) is 0 Å². The minimum absolute atomic E-state index is 0.102. The van der Waals surface area contributed by atoms with Crippen molar-refractivity contribution in [1.82, 2.24) is 0 Å². The van der Waals surface area contributed by atoms with Gasteiger partial charge in [0.2, 0.25) is 5.91 Å². The third kappa shape index (κ3) is 3.84. The second-order valence-electron chi connectivity index (χ2n) is 4.19. The maximum Gasteiger partial charge on any atom is 0.235 e. The minimum atomic E-state index is -0.304. The monoisotopic (exact) mass is 385 g/mol. The summed E-state index contributed by atoms with van der Waals surface area (Å²) in [7, 11) is 0. The van der Waals surface area contributed by atoms with Crippen LogP contribution < -0.4 is 5.32 Å². The van der Waals surface area contributed by atoms with Crippen molar-refractivity contribution >= 4 is 56.5 Å². The van der Waals surface area contributed by atoms with E-state index < -0.39 is 0 Å². The first-order chi connectivity index (χ1) is 10.0. The number of alkyl halides is 1. The number of carbonyl (C=O) groups is 2. The summed E-state index contributed by atoms with van der Waals surface area (Å²) in [5, 5.41) is 3.26. The molecule has 0 aliphatic carbocycles. The highest BCUT2D eigenvalue weighted by atomic mass is 79.9. The largest absolute Gasteiger partial charge is 0.323 e. The number of anilines is 1. The van der Waals surface area contributed by atoms with Crippen LogP contribution in [0.25, 0.3) is 0 Å². The molecule has 2 rings (SSSR count). The lowest BCUT2D eigenvalue weighted by molar-refractivity contribution is -0.113. The Bertz CT molecular complexity index is 690. The van der Waals surface area contributed by atoms with Crippen molar-refractivity contribution < 1.29 is 9.59 Å². The molecular formula is C15H10BrCl2NO2. The van der Waals surface area contributed by atoms with E-state index >= 15 is 0 Å². The van der Waals surface area contributed by atoms with Crippen LogP contribution in [-0.2, 0) is 4.79 Å². The molecule has 0 bridgehead atoms. The third-order valence-corrected chi connectivity index (χ3v) is 3.75. The molecule has 0 heterocycles. The van der Waals surface area contributed by atoms with Crippen LogP contribution in [0.15, 0.2) is 42.5 Å². The van der Waals surface area contributed by atoms with Gasteiger partial charge in [-0.2, -0.15) is 0 Å². The number of rotatable bonds is 4. The Hall–Kier alpha value is -1.36. The Kier molecular flexibility index (Phi) is 5.39. The third-order valence-electron chi connectivity index (χ3n) is 2.72. The Morgan fingerprint density at radius 1 is 1.10 bits per heavy atom. The molecule has 0 aromatic heterocycles. The van der Waals surface area contributed by atoms with Gasteiger partial charge in [0, 0.05) is 16.1 Å². The van der Waals surface area contributed by atoms with Crippen LogP contribution in [0, 0.1) is 0 Å². The number of nitrogens with one attached hydrogen (secondary N) is 1. The summed E-state index contributed by atoms with van der Waals surface area (Å²) >= 11 is 15.1. The number of ketones is 1. The van der Waals surface area contributed by atoms with E-state index in [1.165, 1.54) is 12.1 Å². The van der Waals surface area contributed by atoms with Crippen molar-refractivity contribution in [2.75, 3.05) is 10.6 Å². The Labute approximate surface area is 140 Å². The molecular weight excluding hydrogens is 377 g/mol. The van der Waals surface area contributed by atoms with E-state index in [1.807, 2.05) is 6.07 Å². The van der Waals surface area contributed by atoms with Crippen molar-refractivity contribution in [2.45, 2.75) is 0 Å². The lowest BCUT2D eigenvalue weighted by Crippen LogP contribution is -2.16. The van der Waals surface area contributed by atoms with Crippen molar-refractivity contribution in [3.63, 3.8) is 0 Å². The van der Waals surface area contributed by atoms with E-state index in [4.69, 9.17) is 23.2 Å². The molecule has 0 unspecified atom stereocenters. The summed E-state index contributed by atoms with van der Waals surface area (Å²) in [5.41, 5.74) is 1.01. The molecule has 0 aliphatic rings. The van der Waals surface area contributed by atoms with E-state index in [1.54, 1.807) is 24.3 Å². The van der Waals surface area contributed by atoms with Gasteiger partial charge in [0.15, 0.2) is 5.78 Å². The SMILES string of the molecule is O=C(CBr)Nc1c(Cl)cc(Cl)cc1C(=O)c1ccccc1. The summed E-state index contributed by atoms with van der Waals surface area (Å²) in [6.45, 7) is 0. The first-order valence-electron chi connectivity index (χ1n) is 5.97. The summed E-state index contributed by atoms with van der Waals surface area (Å²) in [6.07, 6.45) is 0.